The fraction of sp³-hybridized carbons (Fsp3) is 0.600. The Morgan fingerprint density at radius 3 is 2.23 bits per heavy atom. The molecule has 1 aromatic rings. The van der Waals surface area contributed by atoms with Gasteiger partial charge in [-0.15, -0.1) is 0 Å². The predicted octanol–water partition coefficient (Wildman–Crippen LogP) is 2.15. The Kier molecular flexibility index (Phi) is 2.28. The van der Waals surface area contributed by atoms with Crippen molar-refractivity contribution in [2.45, 2.75) is 40.2 Å². The molecule has 0 N–H and O–H groups in total. The smallest absolute Gasteiger partial charge is 0.163 e. The number of hydrogen-bond acceptors (Lipinski definition) is 2. The van der Waals surface area contributed by atoms with E-state index < -0.39 is 0 Å². The fourth-order valence-electron chi connectivity index (χ4n) is 1.43. The number of Topliss-reactive ketones (excluding diaryl/α,β-unsaturated/α-hetero) is 1. The topological polar surface area (TPSA) is 34.9 Å². The summed E-state index contributed by atoms with van der Waals surface area (Å²) >= 11 is 0. The Morgan fingerprint density at radius 2 is 2.00 bits per heavy atom. The minimum atomic E-state index is -0.0578. The summed E-state index contributed by atoms with van der Waals surface area (Å²) in [6.07, 6.45) is 1.64. The lowest BCUT2D eigenvalue weighted by Crippen LogP contribution is -2.24. The first-order valence-corrected chi connectivity index (χ1v) is 4.40. The van der Waals surface area contributed by atoms with Crippen LogP contribution in [0.5, 0.6) is 0 Å². The molecule has 0 aliphatic carbocycles. The second-order valence-corrected chi connectivity index (χ2v) is 4.28. The summed E-state index contributed by atoms with van der Waals surface area (Å²) < 4.78 is 1.88. The molecule has 3 nitrogen and oxygen atoms in total. The van der Waals surface area contributed by atoms with Crippen LogP contribution >= 0.6 is 0 Å². The summed E-state index contributed by atoms with van der Waals surface area (Å²) in [6, 6.07) is 0. The van der Waals surface area contributed by atoms with Crippen molar-refractivity contribution in [3.63, 3.8) is 0 Å². The maximum atomic E-state index is 11.2. The zero-order valence-corrected chi connectivity index (χ0v) is 8.88. The molecule has 3 heteroatoms. The normalized spacial score (nSPS) is 11.8. The summed E-state index contributed by atoms with van der Waals surface area (Å²) in [6.45, 7) is 9.69. The molecule has 0 saturated carbocycles. The van der Waals surface area contributed by atoms with Gasteiger partial charge in [0.05, 0.1) is 17.3 Å². The SMILES string of the molecule is CC(=O)c1cnn(C(C)(C)C)c1C. The molecule has 0 aliphatic rings. The van der Waals surface area contributed by atoms with Crippen molar-refractivity contribution in [3.05, 3.63) is 17.5 Å². The molecule has 13 heavy (non-hydrogen) atoms. The van der Waals surface area contributed by atoms with Gasteiger partial charge in [-0.25, -0.2) is 0 Å². The molecule has 0 saturated heterocycles. The van der Waals surface area contributed by atoms with Gasteiger partial charge in [0.25, 0.3) is 0 Å². The summed E-state index contributed by atoms with van der Waals surface area (Å²) in [5, 5.41) is 4.20. The predicted molar refractivity (Wildman–Crippen MR) is 52.0 cm³/mol. The monoisotopic (exact) mass is 180 g/mol. The van der Waals surface area contributed by atoms with Gasteiger partial charge in [0.1, 0.15) is 0 Å². The van der Waals surface area contributed by atoms with Gasteiger partial charge in [0.15, 0.2) is 5.78 Å². The van der Waals surface area contributed by atoms with Crippen molar-refractivity contribution in [1.82, 2.24) is 9.78 Å². The second kappa shape index (κ2) is 2.98. The van der Waals surface area contributed by atoms with Crippen molar-refractivity contribution >= 4 is 5.78 Å². The molecule has 0 bridgehead atoms. The van der Waals surface area contributed by atoms with E-state index in [1.807, 2.05) is 11.6 Å². The van der Waals surface area contributed by atoms with E-state index in [0.29, 0.717) is 0 Å². The highest BCUT2D eigenvalue weighted by Crippen LogP contribution is 2.18. The molecule has 1 heterocycles. The van der Waals surface area contributed by atoms with E-state index in [0.717, 1.165) is 11.3 Å². The number of nitrogens with zero attached hydrogens (tertiary/aromatic N) is 2. The first-order chi connectivity index (χ1) is 5.84. The second-order valence-electron chi connectivity index (χ2n) is 4.28. The van der Waals surface area contributed by atoms with Gasteiger partial charge in [-0.1, -0.05) is 0 Å². The van der Waals surface area contributed by atoms with Gasteiger partial charge in [-0.05, 0) is 34.6 Å². The number of carbonyl (C=O) groups is 1. The molecular formula is C10H16N2O. The minimum absolute atomic E-state index is 0.0578. The molecule has 1 rings (SSSR count). The summed E-state index contributed by atoms with van der Waals surface area (Å²) in [7, 11) is 0. The van der Waals surface area contributed by atoms with E-state index in [1.54, 1.807) is 13.1 Å². The first kappa shape index (κ1) is 9.96. The number of carbonyl (C=O) groups excluding carboxylic acids is 1. The standard InChI is InChI=1S/C10H16N2O/c1-7-9(8(2)13)6-11-12(7)10(3,4)5/h6H,1-5H3. The van der Waals surface area contributed by atoms with Crippen molar-refractivity contribution in [2.75, 3.05) is 0 Å². The van der Waals surface area contributed by atoms with E-state index >= 15 is 0 Å². The quantitative estimate of drug-likeness (QED) is 0.621. The van der Waals surface area contributed by atoms with E-state index in [1.165, 1.54) is 0 Å². The van der Waals surface area contributed by atoms with Crippen LogP contribution in [0.4, 0.5) is 0 Å². The third-order valence-corrected chi connectivity index (χ3v) is 2.02. The summed E-state index contributed by atoms with van der Waals surface area (Å²) in [4.78, 5) is 11.2. The zero-order chi connectivity index (χ0) is 10.2. The Morgan fingerprint density at radius 1 is 1.46 bits per heavy atom. The average molecular weight is 180 g/mol. The molecule has 0 unspecified atom stereocenters. The van der Waals surface area contributed by atoms with Crippen molar-refractivity contribution in [3.8, 4) is 0 Å². The number of ketones is 1. The lowest BCUT2D eigenvalue weighted by atomic mass is 10.1. The molecule has 0 atom stereocenters. The lowest BCUT2D eigenvalue weighted by Gasteiger charge is -2.21. The third kappa shape index (κ3) is 1.79. The van der Waals surface area contributed by atoms with Crippen molar-refractivity contribution in [1.29, 1.82) is 0 Å². The molecule has 0 aromatic carbocycles. The maximum Gasteiger partial charge on any atom is 0.163 e. The van der Waals surface area contributed by atoms with Crippen LogP contribution in [0.15, 0.2) is 6.20 Å². The highest BCUT2D eigenvalue weighted by atomic mass is 16.1. The van der Waals surface area contributed by atoms with Crippen LogP contribution in [-0.4, -0.2) is 15.6 Å². The Labute approximate surface area is 78.8 Å². The maximum absolute atomic E-state index is 11.2. The molecule has 1 aromatic heterocycles. The molecule has 0 radical (unpaired) electrons. The Bertz CT molecular complexity index is 331. The van der Waals surface area contributed by atoms with Crippen LogP contribution in [0.3, 0.4) is 0 Å². The minimum Gasteiger partial charge on any atom is -0.294 e. The van der Waals surface area contributed by atoms with Crippen LogP contribution in [0.2, 0.25) is 0 Å². The molecule has 0 spiro atoms. The molecule has 0 amide bonds. The lowest BCUT2D eigenvalue weighted by molar-refractivity contribution is 0.101. The number of aromatic nitrogens is 2. The Hall–Kier alpha value is -1.12. The average Bonchev–Trinajstić information content (AvgIpc) is 2.28. The molecule has 72 valence electrons. The van der Waals surface area contributed by atoms with Gasteiger partial charge >= 0.3 is 0 Å². The van der Waals surface area contributed by atoms with Crippen molar-refractivity contribution < 1.29 is 4.79 Å². The Balaban J connectivity index is 3.22. The van der Waals surface area contributed by atoms with Crippen LogP contribution in [0.25, 0.3) is 0 Å². The highest BCUT2D eigenvalue weighted by Gasteiger charge is 2.19. The zero-order valence-electron chi connectivity index (χ0n) is 8.88. The molecule has 0 aliphatic heterocycles. The first-order valence-electron chi connectivity index (χ1n) is 4.40. The van der Waals surface area contributed by atoms with Gasteiger partial charge in [0, 0.05) is 5.69 Å². The van der Waals surface area contributed by atoms with Crippen LogP contribution in [0.1, 0.15) is 43.7 Å². The van der Waals surface area contributed by atoms with Crippen molar-refractivity contribution in [2.24, 2.45) is 0 Å². The van der Waals surface area contributed by atoms with Gasteiger partial charge in [0.2, 0.25) is 0 Å². The largest absolute Gasteiger partial charge is 0.294 e. The molecular weight excluding hydrogens is 164 g/mol. The fourth-order valence-corrected chi connectivity index (χ4v) is 1.43. The summed E-state index contributed by atoms with van der Waals surface area (Å²) in [5.74, 6) is 0.0769. The third-order valence-electron chi connectivity index (χ3n) is 2.02. The number of rotatable bonds is 1. The van der Waals surface area contributed by atoms with Crippen LogP contribution in [0, 0.1) is 6.92 Å². The van der Waals surface area contributed by atoms with E-state index in [4.69, 9.17) is 0 Å². The molecule has 0 fully saturated rings. The van der Waals surface area contributed by atoms with E-state index in [-0.39, 0.29) is 11.3 Å². The number of hydrogen-bond donors (Lipinski definition) is 0. The van der Waals surface area contributed by atoms with Crippen LogP contribution in [-0.2, 0) is 5.54 Å². The highest BCUT2D eigenvalue weighted by molar-refractivity contribution is 5.94. The van der Waals surface area contributed by atoms with Gasteiger partial charge in [-0.3, -0.25) is 9.48 Å². The summed E-state index contributed by atoms with van der Waals surface area (Å²) in [5.41, 5.74) is 1.60. The van der Waals surface area contributed by atoms with E-state index in [9.17, 15) is 4.79 Å². The van der Waals surface area contributed by atoms with E-state index in [2.05, 4.69) is 25.9 Å². The van der Waals surface area contributed by atoms with Gasteiger partial charge < -0.3 is 0 Å². The van der Waals surface area contributed by atoms with Gasteiger partial charge in [-0.2, -0.15) is 5.10 Å². The van der Waals surface area contributed by atoms with Crippen LogP contribution < -0.4 is 0 Å².